The quantitative estimate of drug-likeness (QED) is 0.267. The number of hydrogen-bond donors (Lipinski definition) is 3. The lowest BCUT2D eigenvalue weighted by atomic mass is 10.2. The second-order valence-electron chi connectivity index (χ2n) is 7.05. The smallest absolute Gasteiger partial charge is 0.329 e. The van der Waals surface area contributed by atoms with E-state index in [-0.39, 0.29) is 17.2 Å². The first-order valence-corrected chi connectivity index (χ1v) is 11.6. The number of benzene rings is 2. The number of amides is 2. The van der Waals surface area contributed by atoms with E-state index in [9.17, 15) is 18.0 Å². The molecule has 0 spiro atoms. The van der Waals surface area contributed by atoms with E-state index in [2.05, 4.69) is 20.6 Å². The Bertz CT molecular complexity index is 1300. The number of furan rings is 1. The average molecular weight is 489 g/mol. The third-order valence-corrected chi connectivity index (χ3v) is 6.11. The number of nitrogens with zero attached hydrogens (tertiary/aromatic N) is 1. The van der Waals surface area contributed by atoms with Crippen molar-refractivity contribution in [3.05, 3.63) is 82.3 Å². The van der Waals surface area contributed by atoms with Gasteiger partial charge in [-0.25, -0.2) is 18.6 Å². The number of anilines is 1. The molecule has 33 heavy (non-hydrogen) atoms. The van der Waals surface area contributed by atoms with Gasteiger partial charge in [-0.3, -0.25) is 9.59 Å². The summed E-state index contributed by atoms with van der Waals surface area (Å²) >= 11 is 5.89. The first-order chi connectivity index (χ1) is 15.6. The Morgan fingerprint density at radius 3 is 2.48 bits per heavy atom. The highest BCUT2D eigenvalue weighted by Gasteiger charge is 2.15. The van der Waals surface area contributed by atoms with Crippen LogP contribution in [0, 0.1) is 13.8 Å². The van der Waals surface area contributed by atoms with Gasteiger partial charge in [0.25, 0.3) is 0 Å². The van der Waals surface area contributed by atoms with Crippen LogP contribution in [0.5, 0.6) is 0 Å². The number of aryl methyl sites for hydroxylation is 2. The zero-order chi connectivity index (χ0) is 24.0. The summed E-state index contributed by atoms with van der Waals surface area (Å²) in [6, 6.07) is 14.5. The third-order valence-electron chi connectivity index (χ3n) is 4.46. The van der Waals surface area contributed by atoms with Crippen molar-refractivity contribution in [1.82, 2.24) is 10.1 Å². The van der Waals surface area contributed by atoms with Gasteiger partial charge in [0.15, 0.2) is 0 Å². The summed E-state index contributed by atoms with van der Waals surface area (Å²) in [6.07, 6.45) is 1.19. The number of hydrazone groups is 1. The molecule has 0 fully saturated rings. The van der Waals surface area contributed by atoms with Gasteiger partial charge in [0.2, 0.25) is 10.0 Å². The maximum absolute atomic E-state index is 12.3. The lowest BCUT2D eigenvalue weighted by Gasteiger charge is -2.07. The van der Waals surface area contributed by atoms with E-state index >= 15 is 0 Å². The Hall–Kier alpha value is -3.47. The fraction of sp³-hybridized carbons (Fsp3) is 0.136. The molecule has 0 bridgehead atoms. The summed E-state index contributed by atoms with van der Waals surface area (Å²) in [5.74, 6) is -1.30. The van der Waals surface area contributed by atoms with Crippen LogP contribution in [0.2, 0.25) is 5.02 Å². The molecule has 1 heterocycles. The molecule has 3 N–H and O–H groups in total. The standard InChI is InChI=1S/C22H21ClN4O5S/c1-14-3-9-19(10-4-14)33(30,31)25-13-18-8-7-17(32-18)12-24-27-22(29)21(28)26-20-11-16(23)6-5-15(20)2/h3-12,25H,13H2,1-2H3,(H,26,28)(H,27,29)/b24-12+. The number of nitrogens with one attached hydrogen (secondary N) is 3. The molecule has 2 aromatic carbocycles. The van der Waals surface area contributed by atoms with E-state index in [0.29, 0.717) is 16.5 Å². The number of carbonyl (C=O) groups excluding carboxylic acids is 2. The Labute approximate surface area is 195 Å². The molecule has 0 aliphatic rings. The second-order valence-corrected chi connectivity index (χ2v) is 9.26. The number of sulfonamides is 1. The van der Waals surface area contributed by atoms with Crippen LogP contribution in [0.25, 0.3) is 0 Å². The molecule has 172 valence electrons. The molecule has 3 rings (SSSR count). The van der Waals surface area contributed by atoms with Crippen LogP contribution < -0.4 is 15.5 Å². The van der Waals surface area contributed by atoms with Crippen molar-refractivity contribution in [3.63, 3.8) is 0 Å². The van der Waals surface area contributed by atoms with Crippen LogP contribution in [0.3, 0.4) is 0 Å². The minimum Gasteiger partial charge on any atom is -0.459 e. The van der Waals surface area contributed by atoms with E-state index in [0.717, 1.165) is 11.1 Å². The van der Waals surface area contributed by atoms with Gasteiger partial charge in [-0.15, -0.1) is 0 Å². The van der Waals surface area contributed by atoms with Gasteiger partial charge in [0.05, 0.1) is 17.7 Å². The van der Waals surface area contributed by atoms with E-state index in [4.69, 9.17) is 16.0 Å². The van der Waals surface area contributed by atoms with Gasteiger partial charge in [0.1, 0.15) is 11.5 Å². The van der Waals surface area contributed by atoms with Crippen molar-refractivity contribution in [3.8, 4) is 0 Å². The predicted molar refractivity (Wildman–Crippen MR) is 124 cm³/mol. The molecular weight excluding hydrogens is 468 g/mol. The second kappa shape index (κ2) is 10.4. The molecule has 0 saturated carbocycles. The summed E-state index contributed by atoms with van der Waals surface area (Å²) in [5, 5.41) is 6.55. The van der Waals surface area contributed by atoms with Gasteiger partial charge in [-0.1, -0.05) is 35.4 Å². The van der Waals surface area contributed by atoms with Gasteiger partial charge in [-0.2, -0.15) is 5.10 Å². The Kier molecular flexibility index (Phi) is 7.64. The van der Waals surface area contributed by atoms with Crippen molar-refractivity contribution in [1.29, 1.82) is 0 Å². The number of halogens is 1. The fourth-order valence-corrected chi connectivity index (χ4v) is 3.80. The van der Waals surface area contributed by atoms with Crippen LogP contribution in [-0.2, 0) is 26.2 Å². The Balaban J connectivity index is 1.52. The highest BCUT2D eigenvalue weighted by Crippen LogP contribution is 2.20. The normalized spacial score (nSPS) is 11.5. The van der Waals surface area contributed by atoms with E-state index in [1.165, 1.54) is 24.4 Å². The summed E-state index contributed by atoms with van der Waals surface area (Å²) in [7, 11) is -3.69. The molecule has 0 aliphatic carbocycles. The monoisotopic (exact) mass is 488 g/mol. The van der Waals surface area contributed by atoms with Gasteiger partial charge < -0.3 is 9.73 Å². The molecule has 0 aliphatic heterocycles. The van der Waals surface area contributed by atoms with Crippen molar-refractivity contribution < 1.29 is 22.4 Å². The fourth-order valence-electron chi connectivity index (χ4n) is 2.64. The Morgan fingerprint density at radius 2 is 1.76 bits per heavy atom. The molecule has 0 atom stereocenters. The lowest BCUT2D eigenvalue weighted by Crippen LogP contribution is -2.32. The number of hydrogen-bond acceptors (Lipinski definition) is 6. The van der Waals surface area contributed by atoms with E-state index in [1.54, 1.807) is 43.3 Å². The molecule has 11 heteroatoms. The molecule has 9 nitrogen and oxygen atoms in total. The van der Waals surface area contributed by atoms with Crippen LogP contribution in [0.15, 0.2) is 69.0 Å². The molecule has 0 radical (unpaired) electrons. The van der Waals surface area contributed by atoms with Gasteiger partial charge in [0, 0.05) is 10.7 Å². The predicted octanol–water partition coefficient (Wildman–Crippen LogP) is 3.12. The number of rotatable bonds is 7. The van der Waals surface area contributed by atoms with Crippen LogP contribution in [0.4, 0.5) is 5.69 Å². The average Bonchev–Trinajstić information content (AvgIpc) is 3.23. The zero-order valence-electron chi connectivity index (χ0n) is 17.8. The highest BCUT2D eigenvalue weighted by atomic mass is 35.5. The first kappa shape index (κ1) is 24.2. The van der Waals surface area contributed by atoms with Crippen molar-refractivity contribution >= 4 is 45.3 Å². The van der Waals surface area contributed by atoms with E-state index < -0.39 is 21.8 Å². The molecule has 2 amide bonds. The molecule has 0 saturated heterocycles. The molecule has 3 aromatic rings. The summed E-state index contributed by atoms with van der Waals surface area (Å²) in [5.41, 5.74) is 4.20. The van der Waals surface area contributed by atoms with Crippen LogP contribution in [0.1, 0.15) is 22.6 Å². The molecule has 0 unspecified atom stereocenters. The Morgan fingerprint density at radius 1 is 1.03 bits per heavy atom. The summed E-state index contributed by atoms with van der Waals surface area (Å²) in [4.78, 5) is 24.1. The summed E-state index contributed by atoms with van der Waals surface area (Å²) < 4.78 is 32.6. The molecule has 1 aromatic heterocycles. The summed E-state index contributed by atoms with van der Waals surface area (Å²) in [6.45, 7) is 3.56. The lowest BCUT2D eigenvalue weighted by molar-refractivity contribution is -0.136. The minimum atomic E-state index is -3.69. The maximum atomic E-state index is 12.3. The van der Waals surface area contributed by atoms with Crippen molar-refractivity contribution in [2.45, 2.75) is 25.3 Å². The topological polar surface area (TPSA) is 130 Å². The zero-order valence-corrected chi connectivity index (χ0v) is 19.3. The van der Waals surface area contributed by atoms with Gasteiger partial charge >= 0.3 is 11.8 Å². The highest BCUT2D eigenvalue weighted by molar-refractivity contribution is 7.89. The van der Waals surface area contributed by atoms with Gasteiger partial charge in [-0.05, 0) is 55.8 Å². The molecular formula is C22H21ClN4O5S. The largest absolute Gasteiger partial charge is 0.459 e. The maximum Gasteiger partial charge on any atom is 0.329 e. The van der Waals surface area contributed by atoms with Crippen molar-refractivity contribution in [2.75, 3.05) is 5.32 Å². The number of carbonyl (C=O) groups is 2. The van der Waals surface area contributed by atoms with Crippen LogP contribution >= 0.6 is 11.6 Å². The SMILES string of the molecule is Cc1ccc(S(=O)(=O)NCc2ccc(/C=N/NC(=O)C(=O)Nc3cc(Cl)ccc3C)o2)cc1. The minimum absolute atomic E-state index is 0.0716. The van der Waals surface area contributed by atoms with Crippen LogP contribution in [-0.4, -0.2) is 26.4 Å². The third kappa shape index (κ3) is 6.75. The van der Waals surface area contributed by atoms with E-state index in [1.807, 2.05) is 6.92 Å². The first-order valence-electron chi connectivity index (χ1n) is 9.69. The van der Waals surface area contributed by atoms with Crippen molar-refractivity contribution in [2.24, 2.45) is 5.10 Å².